The Kier molecular flexibility index (Phi) is 4.95. The number of hydrogen-bond acceptors (Lipinski definition) is 4. The zero-order valence-corrected chi connectivity index (χ0v) is 16.2. The number of aromatic amines is 1. The molecule has 0 saturated carbocycles. The van der Waals surface area contributed by atoms with Gasteiger partial charge < -0.3 is 9.64 Å². The zero-order valence-electron chi connectivity index (χ0n) is 16.2. The largest absolute Gasteiger partial charge is 0.485 e. The van der Waals surface area contributed by atoms with Crippen molar-refractivity contribution in [3.63, 3.8) is 0 Å². The number of benzene rings is 2. The molecule has 0 fully saturated rings. The Bertz CT molecular complexity index is 1100. The summed E-state index contributed by atoms with van der Waals surface area (Å²) in [5.41, 5.74) is 3.76. The molecule has 1 N–H and O–H groups in total. The van der Waals surface area contributed by atoms with Crippen LogP contribution in [0.5, 0.6) is 5.75 Å². The second-order valence-corrected chi connectivity index (χ2v) is 6.93. The van der Waals surface area contributed by atoms with Crippen LogP contribution in [0, 0.1) is 6.92 Å². The molecule has 29 heavy (non-hydrogen) atoms. The number of carbonyl (C=O) groups is 2. The average Bonchev–Trinajstić information content (AvgIpc) is 3.16. The van der Waals surface area contributed by atoms with Crippen LogP contribution in [0.1, 0.15) is 27.3 Å². The van der Waals surface area contributed by atoms with Gasteiger partial charge in [-0.25, -0.2) is 4.99 Å². The molecule has 2 amide bonds. The van der Waals surface area contributed by atoms with Gasteiger partial charge >= 0.3 is 0 Å². The molecular formula is C22H20N4O3. The molecule has 2 aromatic carbocycles. The van der Waals surface area contributed by atoms with E-state index in [0.717, 1.165) is 16.8 Å². The summed E-state index contributed by atoms with van der Waals surface area (Å²) >= 11 is 0. The molecule has 3 aromatic rings. The predicted octanol–water partition coefficient (Wildman–Crippen LogP) is 2.95. The van der Waals surface area contributed by atoms with E-state index < -0.39 is 5.91 Å². The van der Waals surface area contributed by atoms with Gasteiger partial charge in [0.15, 0.2) is 5.69 Å². The number of rotatable bonds is 3. The number of ether oxygens (including phenoxy) is 1. The minimum absolute atomic E-state index is 0.0407. The van der Waals surface area contributed by atoms with Gasteiger partial charge in [-0.1, -0.05) is 36.4 Å². The number of nitrogens with one attached hydrogen (secondary N) is 1. The number of anilines is 1. The second-order valence-electron chi connectivity index (χ2n) is 6.93. The molecule has 1 aliphatic rings. The maximum Gasteiger partial charge on any atom is 0.298 e. The molecule has 0 unspecified atom stereocenters. The number of aromatic nitrogens is 2. The van der Waals surface area contributed by atoms with Crippen LogP contribution in [-0.4, -0.2) is 41.4 Å². The summed E-state index contributed by atoms with van der Waals surface area (Å²) < 4.78 is 5.70. The Morgan fingerprint density at radius 2 is 2.00 bits per heavy atom. The Labute approximate surface area is 168 Å². The number of carbonyl (C=O) groups excluding carboxylic acids is 2. The van der Waals surface area contributed by atoms with Gasteiger partial charge in [0.05, 0.1) is 5.69 Å². The summed E-state index contributed by atoms with van der Waals surface area (Å²) in [6.45, 7) is 1.86. The van der Waals surface area contributed by atoms with Crippen molar-refractivity contribution in [3.8, 4) is 5.75 Å². The fraction of sp³-hybridized carbons (Fsp3) is 0.182. The monoisotopic (exact) mass is 388 g/mol. The second kappa shape index (κ2) is 7.71. The molecule has 1 aliphatic heterocycles. The number of amides is 2. The predicted molar refractivity (Wildman–Crippen MR) is 110 cm³/mol. The van der Waals surface area contributed by atoms with Gasteiger partial charge in [0.25, 0.3) is 11.8 Å². The van der Waals surface area contributed by atoms with E-state index in [9.17, 15) is 9.59 Å². The molecule has 0 spiro atoms. The maximum atomic E-state index is 12.8. The molecule has 2 heterocycles. The van der Waals surface area contributed by atoms with Gasteiger partial charge in [0, 0.05) is 19.2 Å². The first-order chi connectivity index (χ1) is 14.0. The molecule has 0 bridgehead atoms. The SMILES string of the molecule is Cc1ccc2c(c1)N(C)C(=O)C(=NC(=O)c1cc(Cc3ccccc3)[nH]n1)CO2. The third-order valence-electron chi connectivity index (χ3n) is 4.72. The van der Waals surface area contributed by atoms with Crippen LogP contribution in [0.25, 0.3) is 0 Å². The Morgan fingerprint density at radius 1 is 1.21 bits per heavy atom. The minimum Gasteiger partial charge on any atom is -0.485 e. The highest BCUT2D eigenvalue weighted by Crippen LogP contribution is 2.30. The van der Waals surface area contributed by atoms with Crippen molar-refractivity contribution in [1.29, 1.82) is 0 Å². The molecule has 0 radical (unpaired) electrons. The molecule has 7 heteroatoms. The summed E-state index contributed by atoms with van der Waals surface area (Å²) in [7, 11) is 1.64. The molecule has 0 aliphatic carbocycles. The van der Waals surface area contributed by atoms with Crippen molar-refractivity contribution in [2.24, 2.45) is 4.99 Å². The molecule has 0 atom stereocenters. The highest BCUT2D eigenvalue weighted by molar-refractivity contribution is 6.46. The number of fused-ring (bicyclic) bond motifs is 1. The Hall–Kier alpha value is -3.74. The van der Waals surface area contributed by atoms with E-state index in [1.165, 1.54) is 4.90 Å². The van der Waals surface area contributed by atoms with Crippen molar-refractivity contribution >= 4 is 23.2 Å². The van der Waals surface area contributed by atoms with Crippen LogP contribution in [0.15, 0.2) is 59.6 Å². The molecule has 4 rings (SSSR count). The van der Waals surface area contributed by atoms with E-state index in [1.54, 1.807) is 13.1 Å². The lowest BCUT2D eigenvalue weighted by atomic mass is 10.1. The van der Waals surface area contributed by atoms with Gasteiger partial charge in [0.2, 0.25) is 0 Å². The summed E-state index contributed by atoms with van der Waals surface area (Å²) in [4.78, 5) is 30.8. The van der Waals surface area contributed by atoms with E-state index in [2.05, 4.69) is 15.2 Å². The van der Waals surface area contributed by atoms with Crippen molar-refractivity contribution in [3.05, 3.63) is 77.1 Å². The first-order valence-electron chi connectivity index (χ1n) is 9.23. The number of nitrogens with zero attached hydrogens (tertiary/aromatic N) is 3. The molecule has 146 valence electrons. The highest BCUT2D eigenvalue weighted by Gasteiger charge is 2.27. The van der Waals surface area contributed by atoms with Gasteiger partial charge in [-0.3, -0.25) is 14.7 Å². The highest BCUT2D eigenvalue weighted by atomic mass is 16.5. The fourth-order valence-corrected chi connectivity index (χ4v) is 3.16. The molecular weight excluding hydrogens is 368 g/mol. The van der Waals surface area contributed by atoms with Crippen LogP contribution in [0.4, 0.5) is 5.69 Å². The molecule has 7 nitrogen and oxygen atoms in total. The van der Waals surface area contributed by atoms with Crippen LogP contribution >= 0.6 is 0 Å². The standard InChI is InChI=1S/C22H20N4O3/c1-14-8-9-20-19(10-14)26(2)22(28)18(13-29-20)23-21(27)17-12-16(24-25-17)11-15-6-4-3-5-7-15/h3-10,12H,11,13H2,1-2H3,(H,24,25). The van der Waals surface area contributed by atoms with Gasteiger partial charge in [-0.2, -0.15) is 5.10 Å². The van der Waals surface area contributed by atoms with Gasteiger partial charge in [-0.05, 0) is 36.2 Å². The van der Waals surface area contributed by atoms with E-state index in [4.69, 9.17) is 4.74 Å². The lowest BCUT2D eigenvalue weighted by molar-refractivity contribution is -0.112. The topological polar surface area (TPSA) is 87.7 Å². The average molecular weight is 388 g/mol. The maximum absolute atomic E-state index is 12.8. The van der Waals surface area contributed by atoms with Crippen molar-refractivity contribution in [2.75, 3.05) is 18.6 Å². The van der Waals surface area contributed by atoms with Gasteiger partial charge in [0.1, 0.15) is 18.1 Å². The lowest BCUT2D eigenvalue weighted by Crippen LogP contribution is -2.34. The van der Waals surface area contributed by atoms with Gasteiger partial charge in [-0.15, -0.1) is 0 Å². The van der Waals surface area contributed by atoms with Crippen molar-refractivity contribution < 1.29 is 14.3 Å². The van der Waals surface area contributed by atoms with Crippen LogP contribution in [0.2, 0.25) is 0 Å². The fourth-order valence-electron chi connectivity index (χ4n) is 3.16. The van der Waals surface area contributed by atoms with Crippen molar-refractivity contribution in [2.45, 2.75) is 13.3 Å². The van der Waals surface area contributed by atoms with Crippen LogP contribution in [0.3, 0.4) is 0 Å². The van der Waals surface area contributed by atoms with E-state index in [1.807, 2.05) is 55.5 Å². The third-order valence-corrected chi connectivity index (χ3v) is 4.72. The Morgan fingerprint density at radius 3 is 2.79 bits per heavy atom. The summed E-state index contributed by atoms with van der Waals surface area (Å²) in [6.07, 6.45) is 0.622. The minimum atomic E-state index is -0.581. The smallest absolute Gasteiger partial charge is 0.298 e. The summed E-state index contributed by atoms with van der Waals surface area (Å²) in [6, 6.07) is 17.1. The number of H-pyrrole nitrogens is 1. The first kappa shape index (κ1) is 18.6. The first-order valence-corrected chi connectivity index (χ1v) is 9.23. The third kappa shape index (κ3) is 3.94. The van der Waals surface area contributed by atoms with E-state index in [0.29, 0.717) is 17.9 Å². The molecule has 1 aromatic heterocycles. The molecule has 0 saturated heterocycles. The Balaban J connectivity index is 1.54. The lowest BCUT2D eigenvalue weighted by Gasteiger charge is -2.16. The van der Waals surface area contributed by atoms with E-state index in [-0.39, 0.29) is 23.9 Å². The van der Waals surface area contributed by atoms with E-state index >= 15 is 0 Å². The normalized spacial score (nSPS) is 15.0. The zero-order chi connectivity index (χ0) is 20.4. The number of aliphatic imine (C=N–C) groups is 1. The van der Waals surface area contributed by atoms with Crippen LogP contribution in [-0.2, 0) is 11.2 Å². The summed E-state index contributed by atoms with van der Waals surface area (Å²) in [5, 5.41) is 6.91. The van der Waals surface area contributed by atoms with Crippen LogP contribution < -0.4 is 9.64 Å². The number of aryl methyl sites for hydroxylation is 1. The van der Waals surface area contributed by atoms with Crippen molar-refractivity contribution in [1.82, 2.24) is 10.2 Å². The summed E-state index contributed by atoms with van der Waals surface area (Å²) in [5.74, 6) is -0.375. The number of hydrogen-bond donors (Lipinski definition) is 1. The quantitative estimate of drug-likeness (QED) is 0.747.